The SMILES string of the molecule is NC(Cc1ccco1)Cc1ccco1. The second kappa shape index (κ2) is 4.15. The molecular weight excluding hydrogens is 178 g/mol. The van der Waals surface area contributed by atoms with Crippen LogP contribution in [-0.2, 0) is 12.8 Å². The minimum Gasteiger partial charge on any atom is -0.469 e. The van der Waals surface area contributed by atoms with Gasteiger partial charge >= 0.3 is 0 Å². The predicted octanol–water partition coefficient (Wildman–Crippen LogP) is 1.99. The molecule has 0 radical (unpaired) electrons. The molecule has 0 unspecified atom stereocenters. The summed E-state index contributed by atoms with van der Waals surface area (Å²) in [7, 11) is 0. The zero-order chi connectivity index (χ0) is 9.80. The van der Waals surface area contributed by atoms with Gasteiger partial charge in [-0.3, -0.25) is 0 Å². The van der Waals surface area contributed by atoms with Gasteiger partial charge in [-0.1, -0.05) is 0 Å². The fourth-order valence-electron chi connectivity index (χ4n) is 1.45. The van der Waals surface area contributed by atoms with Gasteiger partial charge in [0.25, 0.3) is 0 Å². The first-order valence-corrected chi connectivity index (χ1v) is 4.65. The van der Waals surface area contributed by atoms with Crippen LogP contribution in [0.5, 0.6) is 0 Å². The van der Waals surface area contributed by atoms with E-state index in [2.05, 4.69) is 0 Å². The predicted molar refractivity (Wildman–Crippen MR) is 52.8 cm³/mol. The molecule has 2 rings (SSSR count). The average Bonchev–Trinajstić information content (AvgIpc) is 2.76. The van der Waals surface area contributed by atoms with Crippen molar-refractivity contribution < 1.29 is 8.83 Å². The highest BCUT2D eigenvalue weighted by molar-refractivity contribution is 5.04. The van der Waals surface area contributed by atoms with Gasteiger partial charge in [0.05, 0.1) is 12.5 Å². The topological polar surface area (TPSA) is 52.3 Å². The lowest BCUT2D eigenvalue weighted by Gasteiger charge is -2.06. The zero-order valence-corrected chi connectivity index (χ0v) is 7.85. The van der Waals surface area contributed by atoms with E-state index in [0.717, 1.165) is 24.4 Å². The maximum Gasteiger partial charge on any atom is 0.105 e. The molecule has 14 heavy (non-hydrogen) atoms. The van der Waals surface area contributed by atoms with Crippen LogP contribution in [0.15, 0.2) is 45.6 Å². The molecule has 3 nitrogen and oxygen atoms in total. The van der Waals surface area contributed by atoms with Crippen LogP contribution in [-0.4, -0.2) is 6.04 Å². The van der Waals surface area contributed by atoms with Crippen LogP contribution in [0.3, 0.4) is 0 Å². The largest absolute Gasteiger partial charge is 0.469 e. The summed E-state index contributed by atoms with van der Waals surface area (Å²) in [6, 6.07) is 7.65. The molecule has 2 heterocycles. The Bertz CT molecular complexity index is 314. The van der Waals surface area contributed by atoms with Crippen LogP contribution >= 0.6 is 0 Å². The summed E-state index contributed by atoms with van der Waals surface area (Å²) in [5.74, 6) is 1.84. The van der Waals surface area contributed by atoms with Gasteiger partial charge in [0.2, 0.25) is 0 Å². The summed E-state index contributed by atoms with van der Waals surface area (Å²) < 4.78 is 10.4. The molecule has 0 saturated heterocycles. The smallest absolute Gasteiger partial charge is 0.105 e. The summed E-state index contributed by atoms with van der Waals surface area (Å²) >= 11 is 0. The summed E-state index contributed by atoms with van der Waals surface area (Å²) in [5, 5.41) is 0. The molecule has 0 aromatic carbocycles. The molecule has 2 aromatic rings. The molecule has 0 amide bonds. The Labute approximate surface area is 82.5 Å². The highest BCUT2D eigenvalue weighted by Crippen LogP contribution is 2.08. The van der Waals surface area contributed by atoms with Crippen molar-refractivity contribution in [3.8, 4) is 0 Å². The maximum atomic E-state index is 5.94. The molecule has 0 bridgehead atoms. The molecule has 3 heteroatoms. The molecule has 0 aliphatic heterocycles. The van der Waals surface area contributed by atoms with Crippen LogP contribution in [0.4, 0.5) is 0 Å². The van der Waals surface area contributed by atoms with Crippen molar-refractivity contribution in [2.75, 3.05) is 0 Å². The van der Waals surface area contributed by atoms with Crippen molar-refractivity contribution in [3.63, 3.8) is 0 Å². The van der Waals surface area contributed by atoms with E-state index in [9.17, 15) is 0 Å². The van der Waals surface area contributed by atoms with E-state index in [1.54, 1.807) is 12.5 Å². The van der Waals surface area contributed by atoms with Gasteiger partial charge in [-0.25, -0.2) is 0 Å². The van der Waals surface area contributed by atoms with Crippen LogP contribution in [0, 0.1) is 0 Å². The number of furan rings is 2. The van der Waals surface area contributed by atoms with Crippen molar-refractivity contribution in [3.05, 3.63) is 48.3 Å². The molecule has 74 valence electrons. The van der Waals surface area contributed by atoms with E-state index in [-0.39, 0.29) is 6.04 Å². The van der Waals surface area contributed by atoms with E-state index < -0.39 is 0 Å². The van der Waals surface area contributed by atoms with Gasteiger partial charge in [-0.05, 0) is 24.3 Å². The molecule has 0 aliphatic carbocycles. The molecule has 0 aliphatic rings. The highest BCUT2D eigenvalue weighted by Gasteiger charge is 2.08. The molecule has 2 N–H and O–H groups in total. The van der Waals surface area contributed by atoms with E-state index in [1.165, 1.54) is 0 Å². The molecular formula is C11H13NO2. The summed E-state index contributed by atoms with van der Waals surface area (Å²) in [6.45, 7) is 0. The third-order valence-corrected chi connectivity index (χ3v) is 2.09. The first-order chi connectivity index (χ1) is 6.84. The van der Waals surface area contributed by atoms with Gasteiger partial charge < -0.3 is 14.6 Å². The summed E-state index contributed by atoms with van der Waals surface area (Å²) in [4.78, 5) is 0. The Hall–Kier alpha value is -1.48. The fraction of sp³-hybridized carbons (Fsp3) is 0.273. The Balaban J connectivity index is 1.88. The number of hydrogen-bond donors (Lipinski definition) is 1. The fourth-order valence-corrected chi connectivity index (χ4v) is 1.45. The monoisotopic (exact) mass is 191 g/mol. The lowest BCUT2D eigenvalue weighted by Crippen LogP contribution is -2.24. The van der Waals surface area contributed by atoms with Crippen molar-refractivity contribution in [1.29, 1.82) is 0 Å². The second-order valence-corrected chi connectivity index (χ2v) is 3.33. The van der Waals surface area contributed by atoms with Gasteiger partial charge in [-0.15, -0.1) is 0 Å². The third-order valence-electron chi connectivity index (χ3n) is 2.09. The minimum absolute atomic E-state index is 0.0484. The number of hydrogen-bond acceptors (Lipinski definition) is 3. The quantitative estimate of drug-likeness (QED) is 0.804. The first-order valence-electron chi connectivity index (χ1n) is 4.65. The standard InChI is InChI=1S/C11H13NO2/c12-9(7-10-3-1-5-13-10)8-11-4-2-6-14-11/h1-6,9H,7-8,12H2. The first kappa shape index (κ1) is 9.09. The van der Waals surface area contributed by atoms with E-state index in [0.29, 0.717) is 0 Å². The molecule has 0 saturated carbocycles. The van der Waals surface area contributed by atoms with Gasteiger partial charge in [0, 0.05) is 18.9 Å². The molecule has 0 spiro atoms. The third kappa shape index (κ3) is 2.26. The van der Waals surface area contributed by atoms with Crippen LogP contribution in [0.25, 0.3) is 0 Å². The van der Waals surface area contributed by atoms with Crippen LogP contribution in [0.2, 0.25) is 0 Å². The van der Waals surface area contributed by atoms with Crippen molar-refractivity contribution in [2.45, 2.75) is 18.9 Å². The van der Waals surface area contributed by atoms with E-state index in [1.807, 2.05) is 24.3 Å². The van der Waals surface area contributed by atoms with Gasteiger partial charge in [0.1, 0.15) is 11.5 Å². The molecule has 2 aromatic heterocycles. The normalized spacial score (nSPS) is 11.0. The van der Waals surface area contributed by atoms with E-state index >= 15 is 0 Å². The van der Waals surface area contributed by atoms with Crippen molar-refractivity contribution in [1.82, 2.24) is 0 Å². The Morgan fingerprint density at radius 3 is 1.86 bits per heavy atom. The molecule has 0 fully saturated rings. The van der Waals surface area contributed by atoms with Crippen LogP contribution < -0.4 is 5.73 Å². The van der Waals surface area contributed by atoms with Crippen LogP contribution in [0.1, 0.15) is 11.5 Å². The van der Waals surface area contributed by atoms with Gasteiger partial charge in [0.15, 0.2) is 0 Å². The van der Waals surface area contributed by atoms with Crippen molar-refractivity contribution >= 4 is 0 Å². The number of nitrogens with two attached hydrogens (primary N) is 1. The Kier molecular flexibility index (Phi) is 2.70. The lowest BCUT2D eigenvalue weighted by atomic mass is 10.1. The summed E-state index contributed by atoms with van der Waals surface area (Å²) in [6.07, 6.45) is 4.81. The van der Waals surface area contributed by atoms with Crippen molar-refractivity contribution in [2.24, 2.45) is 5.73 Å². The average molecular weight is 191 g/mol. The lowest BCUT2D eigenvalue weighted by molar-refractivity contribution is 0.452. The Morgan fingerprint density at radius 2 is 1.50 bits per heavy atom. The highest BCUT2D eigenvalue weighted by atomic mass is 16.3. The minimum atomic E-state index is 0.0484. The zero-order valence-electron chi connectivity index (χ0n) is 7.85. The number of rotatable bonds is 4. The molecule has 0 atom stereocenters. The Morgan fingerprint density at radius 1 is 1.00 bits per heavy atom. The van der Waals surface area contributed by atoms with Gasteiger partial charge in [-0.2, -0.15) is 0 Å². The maximum absolute atomic E-state index is 5.94. The summed E-state index contributed by atoms with van der Waals surface area (Å²) in [5.41, 5.74) is 5.94. The second-order valence-electron chi connectivity index (χ2n) is 3.33. The van der Waals surface area contributed by atoms with E-state index in [4.69, 9.17) is 14.6 Å².